The van der Waals surface area contributed by atoms with Crippen LogP contribution in [0.3, 0.4) is 0 Å². The van der Waals surface area contributed by atoms with E-state index in [2.05, 4.69) is 10.3 Å². The van der Waals surface area contributed by atoms with Crippen molar-refractivity contribution in [3.05, 3.63) is 16.0 Å². The molecule has 10 heteroatoms. The Morgan fingerprint density at radius 3 is 2.52 bits per heavy atom. The zero-order chi connectivity index (χ0) is 17.6. The average Bonchev–Trinajstić information content (AvgIpc) is 2.71. The highest BCUT2D eigenvalue weighted by Gasteiger charge is 2.34. The molecule has 0 fully saturated rings. The molecule has 8 nitrogen and oxygen atoms in total. The first-order chi connectivity index (χ1) is 10.5. The molecule has 0 aliphatic heterocycles. The van der Waals surface area contributed by atoms with E-state index in [0.717, 1.165) is 0 Å². The molecule has 2 heterocycles. The standard InChI is InChI=1S/C13H16IN3O5S/c1-13(2,3)23(20,21)8-6-17-9(5-7(8)22-4)15-11(10(17)14)16-12(18)19/h5-6,16H,1-4H3,(H,18,19). The maximum absolute atomic E-state index is 12.7. The molecule has 0 saturated heterocycles. The normalized spacial score (nSPS) is 12.4. The Bertz CT molecular complexity index is 883. The van der Waals surface area contributed by atoms with Crippen molar-refractivity contribution in [2.45, 2.75) is 30.4 Å². The Hall–Kier alpha value is -1.56. The SMILES string of the molecule is COc1cc2nc(NC(=O)O)c(I)n2cc1S(=O)(=O)C(C)(C)C. The van der Waals surface area contributed by atoms with Crippen LogP contribution in [0.15, 0.2) is 17.2 Å². The number of sulfone groups is 1. The quantitative estimate of drug-likeness (QED) is 0.692. The van der Waals surface area contributed by atoms with Crippen LogP contribution in [-0.2, 0) is 9.84 Å². The number of fused-ring (bicyclic) bond motifs is 1. The molecule has 0 bridgehead atoms. The van der Waals surface area contributed by atoms with E-state index in [1.165, 1.54) is 23.8 Å². The summed E-state index contributed by atoms with van der Waals surface area (Å²) in [4.78, 5) is 15.0. The van der Waals surface area contributed by atoms with Crippen LogP contribution in [-0.4, -0.2) is 40.9 Å². The fourth-order valence-corrected chi connectivity index (χ4v) is 3.85. The summed E-state index contributed by atoms with van der Waals surface area (Å²) in [6.45, 7) is 4.80. The van der Waals surface area contributed by atoms with Gasteiger partial charge >= 0.3 is 6.09 Å². The molecule has 0 unspecified atom stereocenters. The summed E-state index contributed by atoms with van der Waals surface area (Å²) < 4.78 is 31.6. The van der Waals surface area contributed by atoms with Gasteiger partial charge in [0, 0.05) is 12.3 Å². The molecule has 0 aliphatic rings. The molecule has 0 aromatic carbocycles. The topological polar surface area (TPSA) is 110 Å². The number of nitrogens with zero attached hydrogens (tertiary/aromatic N) is 2. The van der Waals surface area contributed by atoms with Gasteiger partial charge in [-0.05, 0) is 43.4 Å². The molecule has 0 saturated carbocycles. The molecule has 2 aromatic heterocycles. The molecule has 126 valence electrons. The molecular weight excluding hydrogens is 437 g/mol. The third-order valence-corrected chi connectivity index (χ3v) is 6.70. The Balaban J connectivity index is 2.77. The third kappa shape index (κ3) is 3.09. The van der Waals surface area contributed by atoms with Crippen molar-refractivity contribution in [3.8, 4) is 5.75 Å². The number of imidazole rings is 1. The van der Waals surface area contributed by atoms with Crippen molar-refractivity contribution in [1.82, 2.24) is 9.38 Å². The van der Waals surface area contributed by atoms with Crippen LogP contribution in [0.4, 0.5) is 10.6 Å². The van der Waals surface area contributed by atoms with Crippen molar-refractivity contribution < 1.29 is 23.1 Å². The van der Waals surface area contributed by atoms with Gasteiger partial charge in [0.1, 0.15) is 20.0 Å². The van der Waals surface area contributed by atoms with Gasteiger partial charge in [-0.3, -0.25) is 9.72 Å². The Morgan fingerprint density at radius 1 is 1.43 bits per heavy atom. The average molecular weight is 453 g/mol. The number of rotatable bonds is 3. The van der Waals surface area contributed by atoms with Gasteiger partial charge in [-0.25, -0.2) is 18.2 Å². The van der Waals surface area contributed by atoms with E-state index < -0.39 is 20.7 Å². The number of amides is 1. The molecule has 0 radical (unpaired) electrons. The second-order valence-corrected chi connectivity index (χ2v) is 9.42. The van der Waals surface area contributed by atoms with E-state index >= 15 is 0 Å². The molecule has 0 aliphatic carbocycles. The van der Waals surface area contributed by atoms with Crippen LogP contribution in [0.1, 0.15) is 20.8 Å². The molecule has 2 rings (SSSR count). The van der Waals surface area contributed by atoms with E-state index in [4.69, 9.17) is 9.84 Å². The van der Waals surface area contributed by atoms with Crippen LogP contribution in [0.5, 0.6) is 5.75 Å². The van der Waals surface area contributed by atoms with Gasteiger partial charge in [0.15, 0.2) is 15.7 Å². The summed E-state index contributed by atoms with van der Waals surface area (Å²) in [6.07, 6.45) is 0.150. The molecule has 1 amide bonds. The number of halogens is 1. The Kier molecular flexibility index (Phi) is 4.50. The molecular formula is C13H16IN3O5S. The lowest BCUT2D eigenvalue weighted by Gasteiger charge is -2.21. The van der Waals surface area contributed by atoms with Gasteiger partial charge in [0.25, 0.3) is 0 Å². The summed E-state index contributed by atoms with van der Waals surface area (Å²) >= 11 is 1.90. The number of nitrogens with one attached hydrogen (secondary N) is 1. The van der Waals surface area contributed by atoms with Crippen LogP contribution in [0, 0.1) is 3.70 Å². The number of pyridine rings is 1. The van der Waals surface area contributed by atoms with Gasteiger partial charge in [-0.1, -0.05) is 0 Å². The van der Waals surface area contributed by atoms with E-state index in [-0.39, 0.29) is 16.5 Å². The zero-order valence-corrected chi connectivity index (χ0v) is 15.9. The van der Waals surface area contributed by atoms with Gasteiger partial charge in [0.05, 0.1) is 11.9 Å². The van der Waals surface area contributed by atoms with Crippen LogP contribution in [0.2, 0.25) is 0 Å². The fraction of sp³-hybridized carbons (Fsp3) is 0.385. The van der Waals surface area contributed by atoms with Crippen molar-refractivity contribution in [3.63, 3.8) is 0 Å². The van der Waals surface area contributed by atoms with E-state index in [1.807, 2.05) is 22.6 Å². The van der Waals surface area contributed by atoms with Gasteiger partial charge in [-0.2, -0.15) is 0 Å². The van der Waals surface area contributed by atoms with Gasteiger partial charge in [-0.15, -0.1) is 0 Å². The summed E-state index contributed by atoms with van der Waals surface area (Å²) in [5, 5.41) is 11.0. The summed E-state index contributed by atoms with van der Waals surface area (Å²) in [5.41, 5.74) is 0.378. The number of hydrogen-bond donors (Lipinski definition) is 2. The van der Waals surface area contributed by atoms with Crippen molar-refractivity contribution in [2.75, 3.05) is 12.4 Å². The minimum absolute atomic E-state index is 0.0252. The minimum atomic E-state index is -3.65. The second-order valence-electron chi connectivity index (χ2n) is 5.73. The van der Waals surface area contributed by atoms with Crippen molar-refractivity contribution in [2.24, 2.45) is 0 Å². The molecule has 2 aromatic rings. The number of ether oxygens (including phenoxy) is 1. The second kappa shape index (κ2) is 5.82. The van der Waals surface area contributed by atoms with E-state index in [9.17, 15) is 13.2 Å². The van der Waals surface area contributed by atoms with Crippen LogP contribution < -0.4 is 10.1 Å². The first kappa shape index (κ1) is 17.8. The highest BCUT2D eigenvalue weighted by Crippen LogP contribution is 2.34. The zero-order valence-electron chi connectivity index (χ0n) is 12.9. The van der Waals surface area contributed by atoms with Gasteiger partial charge in [0.2, 0.25) is 0 Å². The summed E-state index contributed by atoms with van der Waals surface area (Å²) in [6, 6.07) is 1.47. The smallest absolute Gasteiger partial charge is 0.410 e. The van der Waals surface area contributed by atoms with Crippen LogP contribution >= 0.6 is 22.6 Å². The van der Waals surface area contributed by atoms with Crippen molar-refractivity contribution in [1.29, 1.82) is 0 Å². The third-order valence-electron chi connectivity index (χ3n) is 3.17. The Morgan fingerprint density at radius 2 is 2.04 bits per heavy atom. The van der Waals surface area contributed by atoms with Gasteiger partial charge < -0.3 is 9.84 Å². The van der Waals surface area contributed by atoms with E-state index in [1.54, 1.807) is 20.8 Å². The summed E-state index contributed by atoms with van der Waals surface area (Å²) in [7, 11) is -2.28. The molecule has 2 N–H and O–H groups in total. The molecule has 0 spiro atoms. The van der Waals surface area contributed by atoms with E-state index in [0.29, 0.717) is 9.35 Å². The lowest BCUT2D eigenvalue weighted by Crippen LogP contribution is -2.28. The lowest BCUT2D eigenvalue weighted by atomic mass is 10.3. The Labute approximate surface area is 146 Å². The number of hydrogen-bond acceptors (Lipinski definition) is 5. The molecule has 0 atom stereocenters. The predicted octanol–water partition coefficient (Wildman–Crippen LogP) is 2.61. The minimum Gasteiger partial charge on any atom is -0.495 e. The first-order valence-electron chi connectivity index (χ1n) is 6.49. The first-order valence-corrected chi connectivity index (χ1v) is 9.05. The monoisotopic (exact) mass is 453 g/mol. The number of methoxy groups -OCH3 is 1. The number of carbonyl (C=O) groups is 1. The number of carboxylic acid groups (broad SMARTS) is 1. The summed E-state index contributed by atoms with van der Waals surface area (Å²) in [5.74, 6) is 0.293. The largest absolute Gasteiger partial charge is 0.495 e. The maximum Gasteiger partial charge on any atom is 0.410 e. The van der Waals surface area contributed by atoms with Crippen LogP contribution in [0.25, 0.3) is 5.65 Å². The number of aromatic nitrogens is 2. The molecule has 23 heavy (non-hydrogen) atoms. The maximum atomic E-state index is 12.7. The fourth-order valence-electron chi connectivity index (χ4n) is 1.90. The highest BCUT2D eigenvalue weighted by atomic mass is 127. The van der Waals surface area contributed by atoms with Crippen molar-refractivity contribution >= 4 is 50.0 Å². The predicted molar refractivity (Wildman–Crippen MR) is 93.0 cm³/mol. The lowest BCUT2D eigenvalue weighted by molar-refractivity contribution is 0.209. The number of anilines is 1. The highest BCUT2D eigenvalue weighted by molar-refractivity contribution is 14.1.